The summed E-state index contributed by atoms with van der Waals surface area (Å²) in [6.45, 7) is 4.85. The molecule has 0 bridgehead atoms. The van der Waals surface area contributed by atoms with Crippen LogP contribution in [-0.4, -0.2) is 56.8 Å². The Balaban J connectivity index is 1.91. The van der Waals surface area contributed by atoms with Crippen LogP contribution in [0.5, 0.6) is 5.75 Å². The molecule has 0 aromatic heterocycles. The predicted molar refractivity (Wildman–Crippen MR) is 115 cm³/mol. The maximum absolute atomic E-state index is 13.5. The Kier molecular flexibility index (Phi) is 8.56. The van der Waals surface area contributed by atoms with Gasteiger partial charge in [0.05, 0.1) is 11.4 Å². The van der Waals surface area contributed by atoms with Gasteiger partial charge in [-0.3, -0.25) is 4.79 Å². The van der Waals surface area contributed by atoms with Crippen molar-refractivity contribution in [2.45, 2.75) is 18.7 Å². The van der Waals surface area contributed by atoms with Gasteiger partial charge >= 0.3 is 0 Å². The monoisotopic (exact) mass is 434 g/mol. The van der Waals surface area contributed by atoms with E-state index in [1.165, 1.54) is 39.5 Å². The Hall–Kier alpha value is -2.71. The van der Waals surface area contributed by atoms with Crippen LogP contribution in [-0.2, 0) is 14.8 Å². The SMILES string of the molecule is CCN(CC)S(=O)(=O)c1ccc(/C=C/C(=O)N(C)CCOc2ccccc2F)cc1. The third-order valence-electron chi connectivity index (χ3n) is 4.54. The lowest BCUT2D eigenvalue weighted by molar-refractivity contribution is -0.125. The summed E-state index contributed by atoms with van der Waals surface area (Å²) in [6.07, 6.45) is 3.02. The second-order valence-electron chi connectivity index (χ2n) is 6.53. The predicted octanol–water partition coefficient (Wildman–Crippen LogP) is 3.41. The molecule has 0 radical (unpaired) electrons. The highest BCUT2D eigenvalue weighted by molar-refractivity contribution is 7.89. The Morgan fingerprint density at radius 2 is 1.70 bits per heavy atom. The fourth-order valence-corrected chi connectivity index (χ4v) is 4.18. The fraction of sp³-hybridized carbons (Fsp3) is 0.318. The third kappa shape index (κ3) is 6.14. The van der Waals surface area contributed by atoms with Crippen LogP contribution in [0.2, 0.25) is 0 Å². The Morgan fingerprint density at radius 1 is 1.07 bits per heavy atom. The average Bonchev–Trinajstić information content (AvgIpc) is 2.74. The smallest absolute Gasteiger partial charge is 0.246 e. The van der Waals surface area contributed by atoms with Crippen LogP contribution in [0.4, 0.5) is 4.39 Å². The molecule has 2 aromatic rings. The van der Waals surface area contributed by atoms with Crippen molar-refractivity contribution in [3.8, 4) is 5.75 Å². The van der Waals surface area contributed by atoms with Crippen LogP contribution >= 0.6 is 0 Å². The van der Waals surface area contributed by atoms with Crippen molar-refractivity contribution >= 4 is 22.0 Å². The van der Waals surface area contributed by atoms with E-state index < -0.39 is 15.8 Å². The van der Waals surface area contributed by atoms with Crippen molar-refractivity contribution in [2.75, 3.05) is 33.3 Å². The van der Waals surface area contributed by atoms with E-state index in [9.17, 15) is 17.6 Å². The van der Waals surface area contributed by atoms with E-state index in [0.29, 0.717) is 25.2 Å². The summed E-state index contributed by atoms with van der Waals surface area (Å²) in [5.41, 5.74) is 0.706. The van der Waals surface area contributed by atoms with Crippen LogP contribution in [0.1, 0.15) is 19.4 Å². The first-order valence-corrected chi connectivity index (χ1v) is 11.1. The number of sulfonamides is 1. The maximum atomic E-state index is 13.5. The summed E-state index contributed by atoms with van der Waals surface area (Å²) in [7, 11) is -1.88. The topological polar surface area (TPSA) is 66.9 Å². The highest BCUT2D eigenvalue weighted by Crippen LogP contribution is 2.17. The second-order valence-corrected chi connectivity index (χ2v) is 8.47. The average molecular weight is 435 g/mol. The van der Waals surface area contributed by atoms with Crippen molar-refractivity contribution in [1.82, 2.24) is 9.21 Å². The van der Waals surface area contributed by atoms with Gasteiger partial charge in [0.2, 0.25) is 15.9 Å². The van der Waals surface area contributed by atoms with Gasteiger partial charge in [-0.2, -0.15) is 4.31 Å². The minimum atomic E-state index is -3.51. The molecule has 30 heavy (non-hydrogen) atoms. The summed E-state index contributed by atoms with van der Waals surface area (Å²) in [5, 5.41) is 0. The van der Waals surface area contributed by atoms with Crippen molar-refractivity contribution < 1.29 is 22.3 Å². The third-order valence-corrected chi connectivity index (χ3v) is 6.60. The van der Waals surface area contributed by atoms with E-state index in [2.05, 4.69) is 0 Å². The van der Waals surface area contributed by atoms with Gasteiger partial charge in [0.1, 0.15) is 6.61 Å². The molecule has 0 fully saturated rings. The highest BCUT2D eigenvalue weighted by Gasteiger charge is 2.20. The molecule has 0 spiro atoms. The number of benzene rings is 2. The molecule has 8 heteroatoms. The normalized spacial score (nSPS) is 11.8. The number of ether oxygens (including phenoxy) is 1. The molecule has 0 saturated carbocycles. The summed E-state index contributed by atoms with van der Waals surface area (Å²) in [6, 6.07) is 12.5. The van der Waals surface area contributed by atoms with Crippen LogP contribution in [0, 0.1) is 5.82 Å². The first-order chi connectivity index (χ1) is 14.3. The van der Waals surface area contributed by atoms with E-state index in [-0.39, 0.29) is 23.2 Å². The van der Waals surface area contributed by atoms with Gasteiger partial charge in [0, 0.05) is 26.2 Å². The molecule has 0 aliphatic rings. The quantitative estimate of drug-likeness (QED) is 0.538. The molecule has 2 rings (SSSR count). The number of halogens is 1. The van der Waals surface area contributed by atoms with Gasteiger partial charge in [-0.05, 0) is 35.9 Å². The number of likely N-dealkylation sites (N-methyl/N-ethyl adjacent to an activating group) is 1. The van der Waals surface area contributed by atoms with E-state index in [4.69, 9.17) is 4.74 Å². The first-order valence-electron chi connectivity index (χ1n) is 9.70. The minimum absolute atomic E-state index is 0.147. The van der Waals surface area contributed by atoms with Gasteiger partial charge in [0.15, 0.2) is 11.6 Å². The van der Waals surface area contributed by atoms with Crippen molar-refractivity contribution in [3.63, 3.8) is 0 Å². The van der Waals surface area contributed by atoms with Gasteiger partial charge in [0.25, 0.3) is 0 Å². The van der Waals surface area contributed by atoms with Crippen LogP contribution in [0.3, 0.4) is 0 Å². The molecule has 6 nitrogen and oxygen atoms in total. The van der Waals surface area contributed by atoms with E-state index in [1.54, 1.807) is 51.2 Å². The maximum Gasteiger partial charge on any atom is 0.246 e. The number of carbonyl (C=O) groups excluding carboxylic acids is 1. The molecule has 162 valence electrons. The van der Waals surface area contributed by atoms with Crippen molar-refractivity contribution in [1.29, 1.82) is 0 Å². The Labute approximate surface area is 177 Å². The molecule has 1 amide bonds. The minimum Gasteiger partial charge on any atom is -0.489 e. The first kappa shape index (κ1) is 23.6. The highest BCUT2D eigenvalue weighted by atomic mass is 32.2. The van der Waals surface area contributed by atoms with Gasteiger partial charge in [-0.1, -0.05) is 38.1 Å². The largest absolute Gasteiger partial charge is 0.489 e. The summed E-state index contributed by atoms with van der Waals surface area (Å²) < 4.78 is 45.2. The van der Waals surface area contributed by atoms with Gasteiger partial charge in [-0.25, -0.2) is 12.8 Å². The second kappa shape index (κ2) is 10.9. The number of nitrogens with zero attached hydrogens (tertiary/aromatic N) is 2. The number of carbonyl (C=O) groups is 1. The van der Waals surface area contributed by atoms with E-state index >= 15 is 0 Å². The molecule has 0 aliphatic heterocycles. The zero-order valence-electron chi connectivity index (χ0n) is 17.4. The lowest BCUT2D eigenvalue weighted by Crippen LogP contribution is -2.30. The number of para-hydroxylation sites is 1. The molecular weight excluding hydrogens is 407 g/mol. The zero-order chi connectivity index (χ0) is 22.1. The van der Waals surface area contributed by atoms with Crippen molar-refractivity contribution in [2.24, 2.45) is 0 Å². The summed E-state index contributed by atoms with van der Waals surface area (Å²) >= 11 is 0. The van der Waals surface area contributed by atoms with E-state index in [0.717, 1.165) is 0 Å². The molecule has 0 saturated heterocycles. The van der Waals surface area contributed by atoms with Gasteiger partial charge < -0.3 is 9.64 Å². The Bertz CT molecular complexity index is 971. The standard InChI is InChI=1S/C22H27FN2O4S/c1-4-25(5-2)30(27,28)19-13-10-18(11-14-19)12-15-22(26)24(3)16-17-29-21-9-7-6-8-20(21)23/h6-15H,4-5,16-17H2,1-3H3/b15-12+. The van der Waals surface area contributed by atoms with Crippen LogP contribution < -0.4 is 4.74 Å². The van der Waals surface area contributed by atoms with Crippen molar-refractivity contribution in [3.05, 3.63) is 66.0 Å². The lowest BCUT2D eigenvalue weighted by atomic mass is 10.2. The fourth-order valence-electron chi connectivity index (χ4n) is 2.72. The summed E-state index contributed by atoms with van der Waals surface area (Å²) in [5.74, 6) is -0.543. The molecule has 0 N–H and O–H groups in total. The number of rotatable bonds is 10. The number of hydrogen-bond acceptors (Lipinski definition) is 4. The molecule has 2 aromatic carbocycles. The zero-order valence-corrected chi connectivity index (χ0v) is 18.2. The molecule has 0 unspecified atom stereocenters. The molecule has 0 aliphatic carbocycles. The molecule has 0 heterocycles. The summed E-state index contributed by atoms with van der Waals surface area (Å²) in [4.78, 5) is 13.9. The lowest BCUT2D eigenvalue weighted by Gasteiger charge is -2.18. The molecule has 0 atom stereocenters. The van der Waals surface area contributed by atoms with E-state index in [1.807, 2.05) is 0 Å². The van der Waals surface area contributed by atoms with Gasteiger partial charge in [-0.15, -0.1) is 0 Å². The van der Waals surface area contributed by atoms with Crippen LogP contribution in [0.25, 0.3) is 6.08 Å². The Morgan fingerprint density at radius 3 is 2.30 bits per heavy atom. The molecular formula is C22H27FN2O4S. The number of hydrogen-bond donors (Lipinski definition) is 0. The van der Waals surface area contributed by atoms with Crippen LogP contribution in [0.15, 0.2) is 59.5 Å². The number of amides is 1.